The topological polar surface area (TPSA) is 58.6 Å². The molecule has 0 spiro atoms. The SMILES string of the molecule is CC(OCC(O)CNC(=O)C(C)C(C)(C)C)c1ccccc1. The fourth-order valence-electron chi connectivity index (χ4n) is 1.90. The molecule has 0 saturated heterocycles. The highest BCUT2D eigenvalue weighted by Gasteiger charge is 2.26. The van der Waals surface area contributed by atoms with E-state index in [0.29, 0.717) is 0 Å². The molecule has 0 aliphatic heterocycles. The van der Waals surface area contributed by atoms with Crippen LogP contribution >= 0.6 is 0 Å². The monoisotopic (exact) mass is 307 g/mol. The third-order valence-corrected chi connectivity index (χ3v) is 4.01. The van der Waals surface area contributed by atoms with Gasteiger partial charge in [0.1, 0.15) is 0 Å². The smallest absolute Gasteiger partial charge is 0.223 e. The summed E-state index contributed by atoms with van der Waals surface area (Å²) in [4.78, 5) is 12.0. The highest BCUT2D eigenvalue weighted by molar-refractivity contribution is 5.78. The number of nitrogens with one attached hydrogen (secondary N) is 1. The lowest BCUT2D eigenvalue weighted by Gasteiger charge is -2.26. The van der Waals surface area contributed by atoms with Gasteiger partial charge in [0.05, 0.1) is 18.8 Å². The van der Waals surface area contributed by atoms with Crippen LogP contribution in [0.3, 0.4) is 0 Å². The highest BCUT2D eigenvalue weighted by atomic mass is 16.5. The lowest BCUT2D eigenvalue weighted by atomic mass is 9.81. The Morgan fingerprint density at radius 2 is 1.82 bits per heavy atom. The molecule has 1 rings (SSSR count). The molecule has 22 heavy (non-hydrogen) atoms. The Morgan fingerprint density at radius 1 is 1.23 bits per heavy atom. The molecule has 0 fully saturated rings. The van der Waals surface area contributed by atoms with Gasteiger partial charge in [-0.3, -0.25) is 4.79 Å². The molecule has 0 radical (unpaired) electrons. The standard InChI is InChI=1S/C18H29NO3/c1-13(18(3,4)5)17(21)19-11-16(20)12-22-14(2)15-9-7-6-8-10-15/h6-10,13-14,16,20H,11-12H2,1-5H3,(H,19,21). The van der Waals surface area contributed by atoms with Crippen molar-refractivity contribution in [2.75, 3.05) is 13.2 Å². The molecule has 0 aromatic heterocycles. The van der Waals surface area contributed by atoms with E-state index in [0.717, 1.165) is 5.56 Å². The van der Waals surface area contributed by atoms with Crippen molar-refractivity contribution in [3.05, 3.63) is 35.9 Å². The van der Waals surface area contributed by atoms with Crippen molar-refractivity contribution in [3.8, 4) is 0 Å². The molecule has 0 saturated carbocycles. The first kappa shape index (κ1) is 18.7. The van der Waals surface area contributed by atoms with Crippen molar-refractivity contribution in [1.29, 1.82) is 0 Å². The van der Waals surface area contributed by atoms with E-state index < -0.39 is 6.10 Å². The summed E-state index contributed by atoms with van der Waals surface area (Å²) in [5.74, 6) is -0.147. The van der Waals surface area contributed by atoms with Gasteiger partial charge in [-0.1, -0.05) is 58.0 Å². The lowest BCUT2D eigenvalue weighted by molar-refractivity contribution is -0.128. The Morgan fingerprint density at radius 3 is 2.36 bits per heavy atom. The first-order chi connectivity index (χ1) is 10.2. The maximum Gasteiger partial charge on any atom is 0.223 e. The fraction of sp³-hybridized carbons (Fsp3) is 0.611. The van der Waals surface area contributed by atoms with Gasteiger partial charge >= 0.3 is 0 Å². The Balaban J connectivity index is 2.32. The van der Waals surface area contributed by atoms with Crippen LogP contribution in [-0.2, 0) is 9.53 Å². The second-order valence-electron chi connectivity index (χ2n) is 6.87. The molecular weight excluding hydrogens is 278 g/mol. The van der Waals surface area contributed by atoms with Gasteiger partial charge in [0, 0.05) is 12.5 Å². The predicted molar refractivity (Wildman–Crippen MR) is 88.4 cm³/mol. The van der Waals surface area contributed by atoms with E-state index in [4.69, 9.17) is 4.74 Å². The molecule has 0 heterocycles. The molecule has 3 unspecified atom stereocenters. The maximum absolute atomic E-state index is 12.0. The highest BCUT2D eigenvalue weighted by Crippen LogP contribution is 2.25. The minimum Gasteiger partial charge on any atom is -0.389 e. The number of hydrogen-bond acceptors (Lipinski definition) is 3. The van der Waals surface area contributed by atoms with Crippen LogP contribution in [0.15, 0.2) is 30.3 Å². The average molecular weight is 307 g/mol. The van der Waals surface area contributed by atoms with E-state index >= 15 is 0 Å². The molecule has 1 amide bonds. The summed E-state index contributed by atoms with van der Waals surface area (Å²) in [6.45, 7) is 10.3. The summed E-state index contributed by atoms with van der Waals surface area (Å²) in [5.41, 5.74) is 0.980. The summed E-state index contributed by atoms with van der Waals surface area (Å²) in [7, 11) is 0. The van der Waals surface area contributed by atoms with Gasteiger partial charge in [0.15, 0.2) is 0 Å². The third kappa shape index (κ3) is 6.16. The number of aliphatic hydroxyl groups excluding tert-OH is 1. The summed E-state index contributed by atoms with van der Waals surface area (Å²) in [5, 5.41) is 12.7. The van der Waals surface area contributed by atoms with E-state index in [9.17, 15) is 9.90 Å². The maximum atomic E-state index is 12.0. The van der Waals surface area contributed by atoms with Gasteiger partial charge in [-0.25, -0.2) is 0 Å². The number of ether oxygens (including phenoxy) is 1. The molecule has 2 N–H and O–H groups in total. The summed E-state index contributed by atoms with van der Waals surface area (Å²) in [6.07, 6.45) is -0.790. The van der Waals surface area contributed by atoms with Gasteiger partial charge in [-0.15, -0.1) is 0 Å². The molecule has 1 aromatic carbocycles. The minimum atomic E-state index is -0.706. The molecule has 0 bridgehead atoms. The third-order valence-electron chi connectivity index (χ3n) is 4.01. The van der Waals surface area contributed by atoms with Crippen molar-refractivity contribution in [2.24, 2.45) is 11.3 Å². The normalized spacial score (nSPS) is 15.9. The van der Waals surface area contributed by atoms with Crippen LogP contribution in [0.25, 0.3) is 0 Å². The van der Waals surface area contributed by atoms with E-state index in [1.165, 1.54) is 0 Å². The van der Waals surface area contributed by atoms with Crippen LogP contribution in [0.1, 0.15) is 46.3 Å². The molecule has 3 atom stereocenters. The molecule has 124 valence electrons. The molecule has 0 aliphatic carbocycles. The quantitative estimate of drug-likeness (QED) is 0.814. The van der Waals surface area contributed by atoms with Crippen molar-refractivity contribution in [1.82, 2.24) is 5.32 Å². The molecule has 4 nitrogen and oxygen atoms in total. The van der Waals surface area contributed by atoms with Crippen LogP contribution in [0.5, 0.6) is 0 Å². The van der Waals surface area contributed by atoms with Crippen molar-refractivity contribution in [3.63, 3.8) is 0 Å². The lowest BCUT2D eigenvalue weighted by Crippen LogP contribution is -2.41. The van der Waals surface area contributed by atoms with Gasteiger partial charge in [0.25, 0.3) is 0 Å². The molecule has 1 aromatic rings. The van der Waals surface area contributed by atoms with Crippen LogP contribution < -0.4 is 5.32 Å². The summed E-state index contributed by atoms with van der Waals surface area (Å²) >= 11 is 0. The summed E-state index contributed by atoms with van der Waals surface area (Å²) in [6, 6.07) is 9.85. The number of benzene rings is 1. The first-order valence-corrected chi connectivity index (χ1v) is 7.84. The zero-order chi connectivity index (χ0) is 16.8. The van der Waals surface area contributed by atoms with Crippen LogP contribution in [0.4, 0.5) is 0 Å². The molecule has 0 aliphatic rings. The molecule has 4 heteroatoms. The van der Waals surface area contributed by atoms with Crippen molar-refractivity contribution in [2.45, 2.75) is 46.8 Å². The van der Waals surface area contributed by atoms with Crippen LogP contribution in [-0.4, -0.2) is 30.3 Å². The number of aliphatic hydroxyl groups is 1. The number of carbonyl (C=O) groups is 1. The zero-order valence-electron chi connectivity index (χ0n) is 14.3. The van der Waals surface area contributed by atoms with E-state index in [-0.39, 0.29) is 36.5 Å². The number of rotatable bonds is 7. The van der Waals surface area contributed by atoms with E-state index in [1.54, 1.807) is 0 Å². The Kier molecular flexibility index (Phi) is 7.04. The van der Waals surface area contributed by atoms with Gasteiger partial charge in [-0.05, 0) is 17.9 Å². The van der Waals surface area contributed by atoms with Crippen LogP contribution in [0, 0.1) is 11.3 Å². The predicted octanol–water partition coefficient (Wildman–Crippen LogP) is 2.92. The second-order valence-corrected chi connectivity index (χ2v) is 6.87. The van der Waals surface area contributed by atoms with Crippen LogP contribution in [0.2, 0.25) is 0 Å². The Bertz CT molecular complexity index is 453. The van der Waals surface area contributed by atoms with Crippen molar-refractivity contribution >= 4 is 5.91 Å². The fourth-order valence-corrected chi connectivity index (χ4v) is 1.90. The number of carbonyl (C=O) groups excluding carboxylic acids is 1. The Hall–Kier alpha value is -1.39. The molecular formula is C18H29NO3. The second kappa shape index (κ2) is 8.30. The number of amides is 1. The van der Waals surface area contributed by atoms with Gasteiger partial charge in [0.2, 0.25) is 5.91 Å². The summed E-state index contributed by atoms with van der Waals surface area (Å²) < 4.78 is 5.65. The minimum absolute atomic E-state index is 0.0392. The van der Waals surface area contributed by atoms with E-state index in [2.05, 4.69) is 5.32 Å². The number of hydrogen-bond donors (Lipinski definition) is 2. The van der Waals surface area contributed by atoms with Gasteiger partial charge in [-0.2, -0.15) is 0 Å². The average Bonchev–Trinajstić information content (AvgIpc) is 2.49. The van der Waals surface area contributed by atoms with E-state index in [1.807, 2.05) is 65.0 Å². The first-order valence-electron chi connectivity index (χ1n) is 7.84. The van der Waals surface area contributed by atoms with Gasteiger partial charge < -0.3 is 15.2 Å². The Labute approximate surface area is 133 Å². The van der Waals surface area contributed by atoms with Crippen molar-refractivity contribution < 1.29 is 14.6 Å². The largest absolute Gasteiger partial charge is 0.389 e. The zero-order valence-corrected chi connectivity index (χ0v) is 14.3.